The van der Waals surface area contributed by atoms with Gasteiger partial charge in [-0.1, -0.05) is 133 Å². The average Bonchev–Trinajstić information content (AvgIpc) is 3.29. The van der Waals surface area contributed by atoms with E-state index in [0.29, 0.717) is 57.0 Å². The van der Waals surface area contributed by atoms with Crippen LogP contribution in [0, 0.1) is 40.5 Å². The number of phenols is 2. The average molecular weight is 932 g/mol. The van der Waals surface area contributed by atoms with Gasteiger partial charge in [-0.25, -0.2) is 0 Å². The molecule has 2 N–H and O–H groups in total. The molecule has 0 heterocycles. The standard InChI is InChI=1S/2C22H14N5O5.Cr.Na/c2*28-22-19(12-16(26(29)30)13-20(22)27(31)32)24-25-21-17-9-5-4-6-14(17)10-11-18(21)23-15-7-2-1-3-8-15;;/h2*1-13H,(H-,23,24,25,28);;/q2*-1;;+1. The predicted octanol–water partition coefficient (Wildman–Crippen LogP) is 11.2. The van der Waals surface area contributed by atoms with Crippen LogP contribution in [0.15, 0.2) is 178 Å². The topological polar surface area (TPSA) is 291 Å². The van der Waals surface area contributed by atoms with Crippen LogP contribution in [-0.4, -0.2) is 29.9 Å². The van der Waals surface area contributed by atoms with Crippen molar-refractivity contribution in [3.63, 3.8) is 0 Å². The van der Waals surface area contributed by atoms with Gasteiger partial charge in [-0.3, -0.25) is 40.5 Å². The summed E-state index contributed by atoms with van der Waals surface area (Å²) >= 11 is 0. The van der Waals surface area contributed by atoms with Crippen molar-refractivity contribution in [2.45, 2.75) is 0 Å². The van der Waals surface area contributed by atoms with Crippen molar-refractivity contribution in [1.82, 2.24) is 0 Å². The van der Waals surface area contributed by atoms with Crippen LogP contribution in [0.2, 0.25) is 0 Å². The summed E-state index contributed by atoms with van der Waals surface area (Å²) in [6.07, 6.45) is 0. The maximum atomic E-state index is 11.2. The molecular formula is C44H28CrN10NaO10-. The van der Waals surface area contributed by atoms with Gasteiger partial charge in [-0.15, -0.1) is 33.0 Å². The monoisotopic (exact) mass is 931 g/mol. The zero-order valence-corrected chi connectivity index (χ0v) is 37.3. The Hall–Kier alpha value is -8.19. The van der Waals surface area contributed by atoms with E-state index in [4.69, 9.17) is 0 Å². The molecule has 8 aromatic carbocycles. The Morgan fingerprint density at radius 2 is 0.773 bits per heavy atom. The van der Waals surface area contributed by atoms with Gasteiger partial charge in [0, 0.05) is 40.3 Å². The number of azo groups is 2. The molecule has 8 rings (SSSR count). The number of hydrogen-bond acceptors (Lipinski definition) is 14. The number of hydrogen-bond donors (Lipinski definition) is 2. The van der Waals surface area contributed by atoms with Crippen molar-refractivity contribution < 1.29 is 76.8 Å². The molecule has 0 aromatic heterocycles. The Labute approximate surface area is 405 Å². The third-order valence-electron chi connectivity index (χ3n) is 9.21. The van der Waals surface area contributed by atoms with E-state index in [1.54, 1.807) is 12.1 Å². The minimum atomic E-state index is -0.921. The normalized spacial score (nSPS) is 10.7. The molecule has 0 saturated heterocycles. The molecule has 66 heavy (non-hydrogen) atoms. The molecule has 322 valence electrons. The number of fused-ring (bicyclic) bond motifs is 2. The van der Waals surface area contributed by atoms with E-state index in [9.17, 15) is 50.7 Å². The van der Waals surface area contributed by atoms with Gasteiger partial charge >= 0.3 is 40.9 Å². The Balaban J connectivity index is 0.000000240. The molecule has 0 bridgehead atoms. The molecule has 0 radical (unpaired) electrons. The van der Waals surface area contributed by atoms with Crippen molar-refractivity contribution in [1.29, 1.82) is 0 Å². The molecule has 0 aliphatic heterocycles. The number of non-ortho nitro benzene ring substituents is 2. The van der Waals surface area contributed by atoms with E-state index >= 15 is 0 Å². The van der Waals surface area contributed by atoms with Crippen LogP contribution in [0.3, 0.4) is 0 Å². The fraction of sp³-hybridized carbons (Fsp3) is 0. The summed E-state index contributed by atoms with van der Waals surface area (Å²) < 4.78 is 0. The van der Waals surface area contributed by atoms with Crippen LogP contribution in [0.25, 0.3) is 32.2 Å². The summed E-state index contributed by atoms with van der Waals surface area (Å²) in [4.78, 5) is 41.2. The van der Waals surface area contributed by atoms with Gasteiger partial charge in [0.15, 0.2) is 0 Å². The fourth-order valence-electron chi connectivity index (χ4n) is 6.19. The van der Waals surface area contributed by atoms with Gasteiger partial charge in [-0.2, -0.15) is 10.2 Å². The molecule has 0 fully saturated rings. The number of rotatable bonds is 12. The van der Waals surface area contributed by atoms with Crippen LogP contribution in [0.4, 0.5) is 68.2 Å². The van der Waals surface area contributed by atoms with Crippen LogP contribution in [0.1, 0.15) is 0 Å². The smallest absolute Gasteiger partial charge is 0.656 e. The SMILES string of the molecule is O=[N+]([O-])c1cc(N=Nc2c([N-]c3ccccc3)ccc3ccccc23)c(O)c([N+](=O)[O-])c1.O=[N+]([O-])c1cc(N=Nc2c([N-]c3ccccc3)ccc3ccccc23)c(O)c([N+](=O)[O-])c1.[Cr].[Na+]. The second-order valence-electron chi connectivity index (χ2n) is 13.3. The van der Waals surface area contributed by atoms with Crippen LogP contribution in [-0.2, 0) is 17.4 Å². The molecule has 8 aromatic rings. The van der Waals surface area contributed by atoms with Gasteiger partial charge < -0.3 is 20.8 Å². The first kappa shape index (κ1) is 48.8. The van der Waals surface area contributed by atoms with Crippen LogP contribution in [0.5, 0.6) is 11.5 Å². The van der Waals surface area contributed by atoms with Crippen molar-refractivity contribution in [2.75, 3.05) is 0 Å². The van der Waals surface area contributed by atoms with E-state index in [1.165, 1.54) is 0 Å². The minimum Gasteiger partial charge on any atom is -0.656 e. The first-order valence-corrected chi connectivity index (χ1v) is 18.6. The zero-order valence-electron chi connectivity index (χ0n) is 34.1. The van der Waals surface area contributed by atoms with Crippen molar-refractivity contribution in [2.24, 2.45) is 20.5 Å². The Kier molecular flexibility index (Phi) is 16.2. The van der Waals surface area contributed by atoms with Crippen LogP contribution >= 0.6 is 0 Å². The second-order valence-corrected chi connectivity index (χ2v) is 13.3. The number of para-hydroxylation sites is 2. The summed E-state index contributed by atoms with van der Waals surface area (Å²) in [5, 5.41) is 93.6. The number of nitrogens with zero attached hydrogens (tertiary/aromatic N) is 10. The first-order valence-electron chi connectivity index (χ1n) is 18.6. The van der Waals surface area contributed by atoms with E-state index in [0.717, 1.165) is 22.9 Å². The molecule has 0 aliphatic rings. The Morgan fingerprint density at radius 1 is 0.424 bits per heavy atom. The number of nitro groups is 4. The fourth-order valence-corrected chi connectivity index (χ4v) is 6.19. The molecule has 0 atom stereocenters. The van der Waals surface area contributed by atoms with E-state index < -0.39 is 65.3 Å². The van der Waals surface area contributed by atoms with Gasteiger partial charge in [0.25, 0.3) is 11.4 Å². The van der Waals surface area contributed by atoms with Gasteiger partial charge in [0.05, 0.1) is 43.2 Å². The number of aromatic hydroxyl groups is 2. The maximum absolute atomic E-state index is 11.2. The molecule has 0 amide bonds. The third kappa shape index (κ3) is 11.3. The number of phenolic OH excluding ortho intramolecular Hbond substituents is 2. The zero-order chi connectivity index (χ0) is 45.3. The minimum absolute atomic E-state index is 0. The molecule has 20 nitrogen and oxygen atoms in total. The van der Waals surface area contributed by atoms with Gasteiger partial charge in [0.1, 0.15) is 11.4 Å². The van der Waals surface area contributed by atoms with E-state index in [2.05, 4.69) is 31.1 Å². The Bertz CT molecular complexity index is 2970. The Morgan fingerprint density at radius 3 is 1.12 bits per heavy atom. The summed E-state index contributed by atoms with van der Waals surface area (Å²) in [5.74, 6) is -1.63. The van der Waals surface area contributed by atoms with Gasteiger partial charge in [-0.05, 0) is 10.8 Å². The van der Waals surface area contributed by atoms with Crippen molar-refractivity contribution >= 4 is 89.8 Å². The van der Waals surface area contributed by atoms with Crippen molar-refractivity contribution in [3.8, 4) is 11.5 Å². The molecular weight excluding hydrogens is 904 g/mol. The summed E-state index contributed by atoms with van der Waals surface area (Å²) in [6, 6.07) is 43.4. The molecule has 0 unspecified atom stereocenters. The van der Waals surface area contributed by atoms with Gasteiger partial charge in [0.2, 0.25) is 11.5 Å². The first-order chi connectivity index (χ1) is 30.9. The van der Waals surface area contributed by atoms with Crippen LogP contribution < -0.4 is 29.6 Å². The molecule has 0 aliphatic carbocycles. The molecule has 0 saturated carbocycles. The largest absolute Gasteiger partial charge is 1.00 e. The molecule has 22 heteroatoms. The quantitative estimate of drug-likeness (QED) is 0.0505. The van der Waals surface area contributed by atoms with Crippen molar-refractivity contribution in [3.05, 3.63) is 209 Å². The summed E-state index contributed by atoms with van der Waals surface area (Å²) in [6.45, 7) is 0. The number of nitro benzene ring substituents is 4. The number of benzene rings is 8. The maximum Gasteiger partial charge on any atom is 1.00 e. The predicted molar refractivity (Wildman–Crippen MR) is 237 cm³/mol. The van der Waals surface area contributed by atoms with E-state index in [1.807, 2.05) is 121 Å². The second kappa shape index (κ2) is 21.9. The summed E-state index contributed by atoms with van der Waals surface area (Å²) in [5.41, 5.74) is -0.654. The third-order valence-corrected chi connectivity index (χ3v) is 9.21. The molecule has 0 spiro atoms. The summed E-state index contributed by atoms with van der Waals surface area (Å²) in [7, 11) is 0. The van der Waals surface area contributed by atoms with E-state index in [-0.39, 0.29) is 46.9 Å².